The van der Waals surface area contributed by atoms with Gasteiger partial charge in [0.05, 0.1) is 28.4 Å². The third-order valence-electron chi connectivity index (χ3n) is 9.66. The van der Waals surface area contributed by atoms with Crippen LogP contribution in [-0.4, -0.2) is 78.3 Å². The number of sulfonamides is 1. The first kappa shape index (κ1) is 31.4. The molecule has 0 radical (unpaired) electrons. The van der Waals surface area contributed by atoms with E-state index in [1.54, 1.807) is 18.2 Å². The van der Waals surface area contributed by atoms with Gasteiger partial charge in [0.2, 0.25) is 10.0 Å². The Labute approximate surface area is 263 Å². The average molecular weight is 646 g/mol. The number of carbonyl (C=O) groups excluding carboxylic acids is 2. The van der Waals surface area contributed by atoms with Gasteiger partial charge in [0.15, 0.2) is 0 Å². The van der Waals surface area contributed by atoms with Crippen LogP contribution in [0.3, 0.4) is 0 Å². The topological polar surface area (TPSA) is 111 Å². The molecule has 1 saturated carbocycles. The van der Waals surface area contributed by atoms with Gasteiger partial charge in [-0.25, -0.2) is 17.2 Å². The molecule has 0 aromatic heterocycles. The second-order valence-corrected chi connectivity index (χ2v) is 14.8. The molecule has 4 aliphatic rings. The third-order valence-corrected chi connectivity index (χ3v) is 10.9. The van der Waals surface area contributed by atoms with Gasteiger partial charge in [-0.15, -0.1) is 0 Å². The lowest BCUT2D eigenvalue weighted by Crippen LogP contribution is -2.40. The first-order valence-electron chi connectivity index (χ1n) is 15.7. The number of hydrogen-bond acceptors (Lipinski definition) is 8. The number of rotatable bonds is 9. The van der Waals surface area contributed by atoms with Gasteiger partial charge in [-0.1, -0.05) is 0 Å². The Bertz CT molecular complexity index is 1580. The second-order valence-electron chi connectivity index (χ2n) is 13.0. The fourth-order valence-electron chi connectivity index (χ4n) is 6.74. The maximum Gasteiger partial charge on any atom is 0.302 e. The first-order chi connectivity index (χ1) is 21.3. The van der Waals surface area contributed by atoms with Crippen LogP contribution >= 0.6 is 0 Å². The number of hydrogen-bond donors (Lipinski definition) is 2. The Morgan fingerprint density at radius 3 is 2.24 bits per heavy atom. The molecule has 45 heavy (non-hydrogen) atoms. The highest BCUT2D eigenvalue weighted by Crippen LogP contribution is 2.54. The van der Waals surface area contributed by atoms with Crippen LogP contribution in [0.4, 0.5) is 37.2 Å². The summed E-state index contributed by atoms with van der Waals surface area (Å²) in [7, 11) is -1.80. The smallest absolute Gasteiger partial charge is 0.302 e. The lowest BCUT2D eigenvalue weighted by molar-refractivity contribution is -0.140. The molecule has 0 atom stereocenters. The number of esters is 1. The molecule has 0 unspecified atom stereocenters. The highest BCUT2D eigenvalue weighted by molar-refractivity contribution is 7.92. The van der Waals surface area contributed by atoms with Crippen molar-refractivity contribution in [2.75, 3.05) is 76.9 Å². The number of nitrogens with zero attached hydrogens (tertiary/aromatic N) is 3. The van der Waals surface area contributed by atoms with E-state index >= 15 is 0 Å². The number of halogens is 2. The number of anilines is 5. The summed E-state index contributed by atoms with van der Waals surface area (Å²) in [5.74, 6) is -3.92. The number of likely N-dealkylation sites (N-methyl/N-ethyl adjacent to an activating group) is 1. The molecule has 0 bridgehead atoms. The zero-order valence-corrected chi connectivity index (χ0v) is 26.6. The lowest BCUT2D eigenvalue weighted by atomic mass is 9.93. The molecule has 2 aromatic carbocycles. The third kappa shape index (κ3) is 7.13. The van der Waals surface area contributed by atoms with Crippen LogP contribution in [0.25, 0.3) is 0 Å². The van der Waals surface area contributed by atoms with Crippen LogP contribution in [0.1, 0.15) is 61.4 Å². The van der Waals surface area contributed by atoms with Crippen molar-refractivity contribution in [1.29, 1.82) is 0 Å². The zero-order valence-electron chi connectivity index (χ0n) is 25.8. The summed E-state index contributed by atoms with van der Waals surface area (Å²) in [6.07, 6.45) is 4.86. The normalized spacial score (nSPS) is 20.1. The molecule has 3 heterocycles. The second kappa shape index (κ2) is 12.0. The maximum atomic E-state index is 14.0. The number of ether oxygens (including phenoxy) is 1. The summed E-state index contributed by atoms with van der Waals surface area (Å²) in [5.41, 5.74) is 5.31. The average Bonchev–Trinajstić information content (AvgIpc) is 3.63. The number of fused-ring (bicyclic) bond motifs is 1. The van der Waals surface area contributed by atoms with Crippen molar-refractivity contribution in [1.82, 2.24) is 0 Å². The molecule has 10 nitrogen and oxygen atoms in total. The van der Waals surface area contributed by atoms with Crippen molar-refractivity contribution in [3.63, 3.8) is 0 Å². The SMILES string of the molecule is CC(=O)OCCS(=O)(=O)Nc1ccc(NC(=O)c2cc3c(c(N4CCC(F)(F)CC4)c2)N(C)CC3)c(N2CCC3(CC2)CC3)c1. The van der Waals surface area contributed by atoms with Gasteiger partial charge < -0.3 is 24.8 Å². The van der Waals surface area contributed by atoms with Gasteiger partial charge in [0.25, 0.3) is 11.8 Å². The van der Waals surface area contributed by atoms with Gasteiger partial charge >= 0.3 is 5.97 Å². The Morgan fingerprint density at radius 1 is 0.911 bits per heavy atom. The van der Waals surface area contributed by atoms with E-state index < -0.39 is 21.9 Å². The van der Waals surface area contributed by atoms with Crippen molar-refractivity contribution < 1.29 is 31.5 Å². The number of nitrogens with one attached hydrogen (secondary N) is 2. The molecule has 13 heteroatoms. The summed E-state index contributed by atoms with van der Waals surface area (Å²) >= 11 is 0. The molecule has 1 spiro atoms. The quantitative estimate of drug-likeness (QED) is 0.373. The van der Waals surface area contributed by atoms with Gasteiger partial charge in [-0.2, -0.15) is 0 Å². The molecule has 6 rings (SSSR count). The highest BCUT2D eigenvalue weighted by Gasteiger charge is 2.44. The summed E-state index contributed by atoms with van der Waals surface area (Å²) in [5, 5.41) is 3.08. The van der Waals surface area contributed by atoms with Crippen LogP contribution in [0, 0.1) is 5.41 Å². The van der Waals surface area contributed by atoms with Crippen LogP contribution in [-0.2, 0) is 26.0 Å². The fraction of sp³-hybridized carbons (Fsp3) is 0.562. The Balaban J connectivity index is 1.26. The van der Waals surface area contributed by atoms with Gasteiger partial charge in [0, 0.05) is 65.1 Å². The fourth-order valence-corrected chi connectivity index (χ4v) is 7.63. The highest BCUT2D eigenvalue weighted by atomic mass is 32.2. The van der Waals surface area contributed by atoms with E-state index in [4.69, 9.17) is 4.74 Å². The predicted octanol–water partition coefficient (Wildman–Crippen LogP) is 4.85. The van der Waals surface area contributed by atoms with Gasteiger partial charge in [-0.05, 0) is 73.4 Å². The Hall–Kier alpha value is -3.61. The van der Waals surface area contributed by atoms with E-state index in [1.807, 2.05) is 24.1 Å². The predicted molar refractivity (Wildman–Crippen MR) is 171 cm³/mol. The molecule has 3 fully saturated rings. The molecule has 244 valence electrons. The van der Waals surface area contributed by atoms with E-state index in [-0.39, 0.29) is 44.2 Å². The Kier molecular flexibility index (Phi) is 8.34. The molecule has 1 amide bonds. The van der Waals surface area contributed by atoms with E-state index in [9.17, 15) is 26.8 Å². The molecule has 2 N–H and O–H groups in total. The van der Waals surface area contributed by atoms with Crippen molar-refractivity contribution in [3.8, 4) is 0 Å². The standard InChI is InChI=1S/C32H41F2N5O5S/c1-22(40)44-17-18-45(42,43)36-25-3-4-26(27(21-25)38-13-8-31(6-7-31)9-14-38)35-30(41)24-19-23-5-12-37(2)29(23)28(20-24)39-15-10-32(33,34)11-16-39/h3-4,19-21,36H,5-18H2,1-2H3,(H,35,41). The van der Waals surface area contributed by atoms with Crippen molar-refractivity contribution in [3.05, 3.63) is 41.5 Å². The summed E-state index contributed by atoms with van der Waals surface area (Å²) in [6, 6.07) is 8.74. The molecular formula is C32H41F2N5O5S. The van der Waals surface area contributed by atoms with E-state index in [2.05, 4.69) is 19.8 Å². The molecule has 3 aliphatic heterocycles. The van der Waals surface area contributed by atoms with Crippen LogP contribution in [0.2, 0.25) is 0 Å². The number of benzene rings is 2. The maximum absolute atomic E-state index is 14.0. The van der Waals surface area contributed by atoms with Crippen LogP contribution < -0.4 is 24.7 Å². The van der Waals surface area contributed by atoms with Crippen molar-refractivity contribution in [2.24, 2.45) is 5.41 Å². The lowest BCUT2D eigenvalue weighted by Gasteiger charge is -2.36. The molecular weight excluding hydrogens is 604 g/mol. The monoisotopic (exact) mass is 645 g/mol. The summed E-state index contributed by atoms with van der Waals surface area (Å²) in [4.78, 5) is 31.2. The number of piperidine rings is 2. The minimum Gasteiger partial charge on any atom is -0.465 e. The molecule has 1 aliphatic carbocycles. The Morgan fingerprint density at radius 2 is 1.58 bits per heavy atom. The number of carbonyl (C=O) groups is 2. The van der Waals surface area contributed by atoms with E-state index in [1.165, 1.54) is 19.8 Å². The minimum atomic E-state index is -3.79. The van der Waals surface area contributed by atoms with E-state index in [0.717, 1.165) is 61.5 Å². The largest absolute Gasteiger partial charge is 0.465 e. The van der Waals surface area contributed by atoms with Gasteiger partial charge in [-0.3, -0.25) is 14.3 Å². The van der Waals surface area contributed by atoms with Crippen LogP contribution in [0.15, 0.2) is 30.3 Å². The zero-order chi connectivity index (χ0) is 32.0. The van der Waals surface area contributed by atoms with Crippen molar-refractivity contribution in [2.45, 2.75) is 57.8 Å². The van der Waals surface area contributed by atoms with Crippen molar-refractivity contribution >= 4 is 50.3 Å². The number of alkyl halides is 2. The van der Waals surface area contributed by atoms with E-state index in [0.29, 0.717) is 22.4 Å². The van der Waals surface area contributed by atoms with Crippen LogP contribution in [0.5, 0.6) is 0 Å². The summed E-state index contributed by atoms with van der Waals surface area (Å²) < 4.78 is 60.7. The minimum absolute atomic E-state index is 0.219. The van der Waals surface area contributed by atoms with Gasteiger partial charge in [0.1, 0.15) is 12.4 Å². The molecule has 2 aromatic rings. The first-order valence-corrected chi connectivity index (χ1v) is 17.3. The summed E-state index contributed by atoms with van der Waals surface area (Å²) in [6.45, 7) is 3.78. The number of amides is 1. The molecule has 2 saturated heterocycles.